The Balaban J connectivity index is 1.66. The van der Waals surface area contributed by atoms with Gasteiger partial charge in [-0.25, -0.2) is 0 Å². The Kier molecular flexibility index (Phi) is 3.22. The van der Waals surface area contributed by atoms with E-state index in [1.807, 2.05) is 6.07 Å². The summed E-state index contributed by atoms with van der Waals surface area (Å²) in [5, 5.41) is 0. The lowest BCUT2D eigenvalue weighted by Gasteiger charge is -2.41. The van der Waals surface area contributed by atoms with E-state index >= 15 is 0 Å². The van der Waals surface area contributed by atoms with E-state index in [0.717, 1.165) is 37.7 Å². The summed E-state index contributed by atoms with van der Waals surface area (Å²) in [5.41, 5.74) is 0. The second kappa shape index (κ2) is 4.86. The Morgan fingerprint density at radius 3 is 3.11 bits per heavy atom. The van der Waals surface area contributed by atoms with E-state index in [-0.39, 0.29) is 0 Å². The first-order valence-electron chi connectivity index (χ1n) is 6.78. The van der Waals surface area contributed by atoms with Crippen LogP contribution in [-0.2, 0) is 6.54 Å². The second-order valence-electron chi connectivity index (χ2n) is 5.49. The predicted octanol–water partition coefficient (Wildman–Crippen LogP) is 1.76. The summed E-state index contributed by atoms with van der Waals surface area (Å²) in [6.07, 6.45) is 3.42. The van der Waals surface area contributed by atoms with Crippen LogP contribution in [0.2, 0.25) is 0 Å². The van der Waals surface area contributed by atoms with Crippen LogP contribution in [0.15, 0.2) is 16.5 Å². The molecule has 0 bridgehead atoms. The maximum Gasteiger partial charge on any atom is 0.185 e. The van der Waals surface area contributed by atoms with Crippen molar-refractivity contribution in [2.75, 3.05) is 19.6 Å². The zero-order valence-electron chi connectivity index (χ0n) is 10.8. The third-order valence-corrected chi connectivity index (χ3v) is 4.22. The summed E-state index contributed by atoms with van der Waals surface area (Å²) in [4.78, 5) is 15.7. The molecule has 0 N–H and O–H groups in total. The summed E-state index contributed by atoms with van der Waals surface area (Å²) in [7, 11) is 0. The highest BCUT2D eigenvalue weighted by atomic mass is 16.3. The van der Waals surface area contributed by atoms with Gasteiger partial charge in [-0.3, -0.25) is 14.6 Å². The number of nitrogens with zero attached hydrogens (tertiary/aromatic N) is 2. The normalized spacial score (nSPS) is 29.4. The van der Waals surface area contributed by atoms with Gasteiger partial charge in [0.2, 0.25) is 0 Å². The number of hydrogen-bond donors (Lipinski definition) is 0. The zero-order chi connectivity index (χ0) is 12.5. The standard InChI is InChI=1S/C14H20N2O2/c1-11-7-15-6-2-3-12(15)8-16(11)9-13-4-5-14(10-17)18-13/h4-5,10-12H,2-3,6-9H2,1H3. The van der Waals surface area contributed by atoms with Crippen molar-refractivity contribution in [2.24, 2.45) is 0 Å². The van der Waals surface area contributed by atoms with Gasteiger partial charge in [0, 0.05) is 25.2 Å². The van der Waals surface area contributed by atoms with Gasteiger partial charge in [-0.05, 0) is 38.4 Å². The molecule has 3 rings (SSSR count). The van der Waals surface area contributed by atoms with E-state index in [2.05, 4.69) is 16.7 Å². The fraction of sp³-hybridized carbons (Fsp3) is 0.643. The van der Waals surface area contributed by atoms with Crippen LogP contribution in [-0.4, -0.2) is 47.8 Å². The molecule has 0 saturated carbocycles. The number of carbonyl (C=O) groups is 1. The number of hydrogen-bond acceptors (Lipinski definition) is 4. The van der Waals surface area contributed by atoms with Gasteiger partial charge in [-0.1, -0.05) is 0 Å². The molecule has 0 spiro atoms. The van der Waals surface area contributed by atoms with Crippen LogP contribution in [0.5, 0.6) is 0 Å². The summed E-state index contributed by atoms with van der Waals surface area (Å²) >= 11 is 0. The molecule has 0 amide bonds. The third kappa shape index (κ3) is 2.22. The van der Waals surface area contributed by atoms with Gasteiger partial charge in [0.15, 0.2) is 12.0 Å². The smallest absolute Gasteiger partial charge is 0.185 e. The Bertz CT molecular complexity index is 429. The van der Waals surface area contributed by atoms with Crippen molar-refractivity contribution in [1.29, 1.82) is 0 Å². The minimum atomic E-state index is 0.428. The van der Waals surface area contributed by atoms with Gasteiger partial charge in [0.05, 0.1) is 6.54 Å². The van der Waals surface area contributed by atoms with Crippen LogP contribution >= 0.6 is 0 Å². The molecule has 2 fully saturated rings. The molecule has 98 valence electrons. The van der Waals surface area contributed by atoms with E-state index < -0.39 is 0 Å². The zero-order valence-corrected chi connectivity index (χ0v) is 10.8. The number of furan rings is 1. The van der Waals surface area contributed by atoms with Crippen molar-refractivity contribution in [1.82, 2.24) is 9.80 Å². The van der Waals surface area contributed by atoms with E-state index in [0.29, 0.717) is 11.8 Å². The number of aldehydes is 1. The molecule has 0 aromatic carbocycles. The van der Waals surface area contributed by atoms with Crippen molar-refractivity contribution in [3.05, 3.63) is 23.7 Å². The second-order valence-corrected chi connectivity index (χ2v) is 5.49. The van der Waals surface area contributed by atoms with E-state index in [4.69, 9.17) is 4.42 Å². The SMILES string of the molecule is CC1CN2CCCC2CN1Cc1ccc(C=O)o1. The fourth-order valence-corrected chi connectivity index (χ4v) is 3.21. The van der Waals surface area contributed by atoms with Crippen LogP contribution in [0.4, 0.5) is 0 Å². The van der Waals surface area contributed by atoms with Gasteiger partial charge in [0.25, 0.3) is 0 Å². The summed E-state index contributed by atoms with van der Waals surface area (Å²) in [5.74, 6) is 1.33. The van der Waals surface area contributed by atoms with E-state index in [1.54, 1.807) is 6.07 Å². The molecule has 1 aromatic heterocycles. The van der Waals surface area contributed by atoms with Crippen LogP contribution < -0.4 is 0 Å². The van der Waals surface area contributed by atoms with Crippen molar-refractivity contribution >= 4 is 6.29 Å². The van der Waals surface area contributed by atoms with Gasteiger partial charge in [0.1, 0.15) is 5.76 Å². The van der Waals surface area contributed by atoms with Gasteiger partial charge in [-0.15, -0.1) is 0 Å². The molecular weight excluding hydrogens is 228 g/mol. The molecule has 1 aromatic rings. The molecule has 3 heterocycles. The maximum absolute atomic E-state index is 10.6. The summed E-state index contributed by atoms with van der Waals surface area (Å²) in [6.45, 7) is 6.64. The van der Waals surface area contributed by atoms with Crippen molar-refractivity contribution in [3.8, 4) is 0 Å². The predicted molar refractivity (Wildman–Crippen MR) is 68.6 cm³/mol. The van der Waals surface area contributed by atoms with Crippen LogP contribution in [0.1, 0.15) is 36.1 Å². The van der Waals surface area contributed by atoms with Crippen molar-refractivity contribution < 1.29 is 9.21 Å². The quantitative estimate of drug-likeness (QED) is 0.764. The molecule has 4 heteroatoms. The lowest BCUT2D eigenvalue weighted by atomic mass is 10.1. The molecular formula is C14H20N2O2. The first kappa shape index (κ1) is 11.9. The van der Waals surface area contributed by atoms with Crippen molar-refractivity contribution in [2.45, 2.75) is 38.4 Å². The molecule has 4 nitrogen and oxygen atoms in total. The van der Waals surface area contributed by atoms with Gasteiger partial charge < -0.3 is 4.42 Å². The van der Waals surface area contributed by atoms with Crippen LogP contribution in [0.25, 0.3) is 0 Å². The average molecular weight is 248 g/mol. The van der Waals surface area contributed by atoms with Crippen LogP contribution in [0, 0.1) is 0 Å². The van der Waals surface area contributed by atoms with E-state index in [1.165, 1.54) is 19.4 Å². The minimum absolute atomic E-state index is 0.428. The molecule has 18 heavy (non-hydrogen) atoms. The third-order valence-electron chi connectivity index (χ3n) is 4.22. The van der Waals surface area contributed by atoms with Gasteiger partial charge in [-0.2, -0.15) is 0 Å². The number of fused-ring (bicyclic) bond motifs is 1. The summed E-state index contributed by atoms with van der Waals surface area (Å²) < 4.78 is 5.47. The van der Waals surface area contributed by atoms with E-state index in [9.17, 15) is 4.79 Å². The fourth-order valence-electron chi connectivity index (χ4n) is 3.21. The highest BCUT2D eigenvalue weighted by Gasteiger charge is 2.34. The number of rotatable bonds is 3. The van der Waals surface area contributed by atoms with Crippen molar-refractivity contribution in [3.63, 3.8) is 0 Å². The molecule has 2 atom stereocenters. The Labute approximate surface area is 108 Å². The molecule has 2 unspecified atom stereocenters. The largest absolute Gasteiger partial charge is 0.457 e. The highest BCUT2D eigenvalue weighted by Crippen LogP contribution is 2.25. The first-order valence-corrected chi connectivity index (χ1v) is 6.78. The molecule has 2 saturated heterocycles. The highest BCUT2D eigenvalue weighted by molar-refractivity contribution is 5.70. The first-order chi connectivity index (χ1) is 8.76. The minimum Gasteiger partial charge on any atom is -0.457 e. The molecule has 0 aliphatic carbocycles. The average Bonchev–Trinajstić information content (AvgIpc) is 2.98. The monoisotopic (exact) mass is 248 g/mol. The number of carbonyl (C=O) groups excluding carboxylic acids is 1. The maximum atomic E-state index is 10.6. The summed E-state index contributed by atoms with van der Waals surface area (Å²) in [6, 6.07) is 4.95. The Morgan fingerprint density at radius 1 is 1.44 bits per heavy atom. The lowest BCUT2D eigenvalue weighted by Crippen LogP contribution is -2.54. The Hall–Kier alpha value is -1.13. The molecule has 2 aliphatic heterocycles. The van der Waals surface area contributed by atoms with Crippen LogP contribution in [0.3, 0.4) is 0 Å². The lowest BCUT2D eigenvalue weighted by molar-refractivity contribution is 0.0492. The molecule has 0 radical (unpaired) electrons. The number of piperazine rings is 1. The molecule has 2 aliphatic rings. The topological polar surface area (TPSA) is 36.7 Å². The Morgan fingerprint density at radius 2 is 2.33 bits per heavy atom. The van der Waals surface area contributed by atoms with Gasteiger partial charge >= 0.3 is 0 Å².